The molecule has 2 aliphatic rings. The molecular weight excluding hydrogens is 456 g/mol. The first-order chi connectivity index (χ1) is 16.1. The van der Waals surface area contributed by atoms with Crippen LogP contribution in [-0.4, -0.2) is 85.6 Å². The summed E-state index contributed by atoms with van der Waals surface area (Å²) in [5.74, 6) is -1.76. The zero-order valence-corrected chi connectivity index (χ0v) is 17.8. The van der Waals surface area contributed by atoms with Gasteiger partial charge >= 0.3 is 5.97 Å². The molecule has 12 heteroatoms. The van der Waals surface area contributed by atoms with E-state index in [1.54, 1.807) is 6.07 Å². The molecule has 0 aliphatic carbocycles. The number of hydrogen-bond donors (Lipinski definition) is 7. The van der Waals surface area contributed by atoms with Crippen molar-refractivity contribution in [2.75, 3.05) is 7.11 Å². The van der Waals surface area contributed by atoms with E-state index < -0.39 is 48.9 Å². The molecule has 2 aromatic carbocycles. The number of aliphatic hydroxyl groups excluding tert-OH is 4. The molecule has 184 valence electrons. The monoisotopic (exact) mass is 480 g/mol. The minimum atomic E-state index is -1.89. The van der Waals surface area contributed by atoms with Gasteiger partial charge in [0.2, 0.25) is 6.29 Å². The summed E-state index contributed by atoms with van der Waals surface area (Å²) in [7, 11) is 1.40. The average Bonchev–Trinajstić information content (AvgIpc) is 2.79. The van der Waals surface area contributed by atoms with Gasteiger partial charge in [-0.1, -0.05) is 6.07 Å². The molecule has 0 bridgehead atoms. The third kappa shape index (κ3) is 4.29. The summed E-state index contributed by atoms with van der Waals surface area (Å²) in [6.45, 7) is 0. The second kappa shape index (κ2) is 9.16. The molecule has 0 aromatic heterocycles. The van der Waals surface area contributed by atoms with Crippen molar-refractivity contribution in [3.63, 3.8) is 0 Å². The maximum atomic E-state index is 11.3. The van der Waals surface area contributed by atoms with Crippen molar-refractivity contribution in [1.82, 2.24) is 0 Å². The summed E-state index contributed by atoms with van der Waals surface area (Å²) in [5, 5.41) is 70.2. The fourth-order valence-corrected chi connectivity index (χ4v) is 4.00. The number of carboxylic acid groups (broad SMARTS) is 1. The highest BCUT2D eigenvalue weighted by Gasteiger charge is 2.48. The summed E-state index contributed by atoms with van der Waals surface area (Å²) < 4.78 is 21.6. The van der Waals surface area contributed by atoms with Crippen LogP contribution < -0.4 is 14.2 Å². The van der Waals surface area contributed by atoms with Gasteiger partial charge in [0.1, 0.15) is 41.7 Å². The highest BCUT2D eigenvalue weighted by molar-refractivity contribution is 5.73. The van der Waals surface area contributed by atoms with E-state index in [0.717, 1.165) is 6.07 Å². The minimum Gasteiger partial charge on any atom is -0.508 e. The molecule has 7 N–H and O–H groups in total. The Balaban J connectivity index is 1.62. The van der Waals surface area contributed by atoms with E-state index in [4.69, 9.17) is 18.9 Å². The predicted molar refractivity (Wildman–Crippen MR) is 111 cm³/mol. The second-order valence-corrected chi connectivity index (χ2v) is 8.01. The third-order valence-electron chi connectivity index (χ3n) is 5.76. The summed E-state index contributed by atoms with van der Waals surface area (Å²) in [6, 6.07) is 6.91. The van der Waals surface area contributed by atoms with Crippen molar-refractivity contribution >= 4 is 5.97 Å². The van der Waals surface area contributed by atoms with Crippen LogP contribution in [0.4, 0.5) is 0 Å². The topological polar surface area (TPSA) is 196 Å². The van der Waals surface area contributed by atoms with Crippen LogP contribution in [0.3, 0.4) is 0 Å². The SMILES string of the molecule is COc1ccc([C@H]2Oc3cc(O)cc(O[C@@H]4O[C@H](C(=O)O)[C@@H](O)[C@H](O)[C@H]4O)c3C[C@H]2O)cc1O. The fraction of sp³-hybridized carbons (Fsp3) is 0.409. The Morgan fingerprint density at radius 1 is 1.00 bits per heavy atom. The van der Waals surface area contributed by atoms with Gasteiger partial charge in [0.15, 0.2) is 17.6 Å². The molecule has 2 aromatic rings. The van der Waals surface area contributed by atoms with E-state index in [2.05, 4.69) is 0 Å². The number of aromatic hydroxyl groups is 2. The Morgan fingerprint density at radius 2 is 1.74 bits per heavy atom. The minimum absolute atomic E-state index is 0.0429. The summed E-state index contributed by atoms with van der Waals surface area (Å²) in [5.41, 5.74) is 0.720. The molecule has 1 fully saturated rings. The number of benzene rings is 2. The number of fused-ring (bicyclic) bond motifs is 1. The molecule has 0 radical (unpaired) electrons. The van der Waals surface area contributed by atoms with Crippen LogP contribution in [0.2, 0.25) is 0 Å². The van der Waals surface area contributed by atoms with Crippen LogP contribution in [0.1, 0.15) is 17.2 Å². The maximum Gasteiger partial charge on any atom is 0.335 e. The number of ether oxygens (including phenoxy) is 4. The van der Waals surface area contributed by atoms with Gasteiger partial charge in [-0.05, 0) is 17.7 Å². The van der Waals surface area contributed by atoms with Crippen LogP contribution in [-0.2, 0) is 16.0 Å². The van der Waals surface area contributed by atoms with Crippen molar-refractivity contribution in [2.24, 2.45) is 0 Å². The molecule has 34 heavy (non-hydrogen) atoms. The van der Waals surface area contributed by atoms with Gasteiger partial charge in [0.05, 0.1) is 13.2 Å². The zero-order valence-electron chi connectivity index (χ0n) is 17.8. The first-order valence-electron chi connectivity index (χ1n) is 10.3. The second-order valence-electron chi connectivity index (χ2n) is 8.01. The van der Waals surface area contributed by atoms with Crippen LogP contribution >= 0.6 is 0 Å². The van der Waals surface area contributed by atoms with Crippen LogP contribution in [0.5, 0.6) is 28.7 Å². The van der Waals surface area contributed by atoms with Crippen LogP contribution in [0, 0.1) is 0 Å². The lowest BCUT2D eigenvalue weighted by Gasteiger charge is -2.39. The third-order valence-corrected chi connectivity index (χ3v) is 5.76. The van der Waals surface area contributed by atoms with Crippen molar-refractivity contribution in [3.05, 3.63) is 41.5 Å². The Bertz CT molecular complexity index is 1070. The number of aliphatic hydroxyl groups is 4. The maximum absolute atomic E-state index is 11.3. The lowest BCUT2D eigenvalue weighted by Crippen LogP contribution is -2.61. The van der Waals surface area contributed by atoms with Crippen LogP contribution in [0.25, 0.3) is 0 Å². The van der Waals surface area contributed by atoms with Crippen molar-refractivity contribution in [3.8, 4) is 28.7 Å². The van der Waals surface area contributed by atoms with Gasteiger partial charge < -0.3 is 54.7 Å². The van der Waals surface area contributed by atoms with Crippen molar-refractivity contribution < 1.29 is 59.5 Å². The van der Waals surface area contributed by atoms with Gasteiger partial charge in [-0.3, -0.25) is 0 Å². The molecule has 12 nitrogen and oxygen atoms in total. The molecule has 7 atom stereocenters. The van der Waals surface area contributed by atoms with Gasteiger partial charge in [0, 0.05) is 24.1 Å². The summed E-state index contributed by atoms with van der Waals surface area (Å²) >= 11 is 0. The number of phenolic OH excluding ortho intramolecular Hbond substituents is 2. The Morgan fingerprint density at radius 3 is 2.38 bits per heavy atom. The number of carboxylic acids is 1. The largest absolute Gasteiger partial charge is 0.508 e. The molecular formula is C22H24O12. The molecule has 0 amide bonds. The van der Waals surface area contributed by atoms with E-state index in [1.165, 1.54) is 25.3 Å². The summed E-state index contributed by atoms with van der Waals surface area (Å²) in [4.78, 5) is 11.3. The van der Waals surface area contributed by atoms with Gasteiger partial charge in [0.25, 0.3) is 0 Å². The number of phenols is 2. The van der Waals surface area contributed by atoms with Gasteiger partial charge in [-0.2, -0.15) is 0 Å². The molecule has 2 heterocycles. The molecule has 0 unspecified atom stereocenters. The van der Waals surface area contributed by atoms with Crippen molar-refractivity contribution in [1.29, 1.82) is 0 Å². The Hall–Kier alpha value is -3.29. The molecule has 4 rings (SSSR count). The predicted octanol–water partition coefficient (Wildman–Crippen LogP) is -0.586. The number of methoxy groups -OCH3 is 1. The average molecular weight is 480 g/mol. The molecule has 0 spiro atoms. The van der Waals surface area contributed by atoms with Gasteiger partial charge in [-0.15, -0.1) is 0 Å². The lowest BCUT2D eigenvalue weighted by molar-refractivity contribution is -0.271. The molecule has 0 saturated carbocycles. The van der Waals surface area contributed by atoms with Gasteiger partial charge in [-0.25, -0.2) is 4.79 Å². The number of hydrogen-bond acceptors (Lipinski definition) is 11. The molecule has 2 aliphatic heterocycles. The Labute approximate surface area is 192 Å². The highest BCUT2D eigenvalue weighted by Crippen LogP contribution is 2.44. The number of aliphatic carboxylic acids is 1. The highest BCUT2D eigenvalue weighted by atomic mass is 16.7. The van der Waals surface area contributed by atoms with Crippen molar-refractivity contribution in [2.45, 2.75) is 49.3 Å². The van der Waals surface area contributed by atoms with Crippen LogP contribution in [0.15, 0.2) is 30.3 Å². The van der Waals surface area contributed by atoms with E-state index in [9.17, 15) is 40.5 Å². The first-order valence-corrected chi connectivity index (χ1v) is 10.3. The molecule has 1 saturated heterocycles. The van der Waals surface area contributed by atoms with E-state index in [1.807, 2.05) is 0 Å². The normalized spacial score (nSPS) is 30.7. The standard InChI is InChI=1S/C22H24O12/c1-31-13-3-2-8(4-11(13)24)19-12(25)7-10-14(32-19)5-9(23)6-15(10)33-22-18(28)16(26)17(27)20(34-22)21(29)30/h2-6,12,16-20,22-28H,7H2,1H3,(H,29,30)/t12-,16+,17+,18-,19-,20+,22-/m1/s1. The first kappa shape index (κ1) is 23.9. The summed E-state index contributed by atoms with van der Waals surface area (Å²) in [6.07, 6.45) is -11.2. The fourth-order valence-electron chi connectivity index (χ4n) is 4.00. The lowest BCUT2D eigenvalue weighted by atomic mass is 9.93. The smallest absolute Gasteiger partial charge is 0.335 e. The van der Waals surface area contributed by atoms with E-state index in [0.29, 0.717) is 5.56 Å². The van der Waals surface area contributed by atoms with E-state index in [-0.39, 0.29) is 40.7 Å². The quantitative estimate of drug-likeness (QED) is 0.288. The Kier molecular flexibility index (Phi) is 6.43. The zero-order chi connectivity index (χ0) is 24.7. The number of rotatable bonds is 5. The number of carbonyl (C=O) groups is 1. The van der Waals surface area contributed by atoms with E-state index >= 15 is 0 Å².